The van der Waals surface area contributed by atoms with Gasteiger partial charge in [-0.1, -0.05) is 46.8 Å². The van der Waals surface area contributed by atoms with Crippen molar-refractivity contribution < 1.29 is 4.52 Å². The highest BCUT2D eigenvalue weighted by Crippen LogP contribution is 2.27. The Morgan fingerprint density at radius 2 is 2.00 bits per heavy atom. The van der Waals surface area contributed by atoms with Crippen LogP contribution in [0.1, 0.15) is 5.76 Å². The zero-order valence-electron chi connectivity index (χ0n) is 10.5. The standard InChI is InChI=1S/C13H9N5OS/c1-8-7-10(17-19-8)12-16-18-11(14-15-13(18)20-12)9-5-3-2-4-6-9/h2-7H,1H3. The predicted molar refractivity (Wildman–Crippen MR) is 74.3 cm³/mol. The second-order valence-corrected chi connectivity index (χ2v) is 5.27. The molecule has 0 radical (unpaired) electrons. The van der Waals surface area contributed by atoms with Gasteiger partial charge in [0.25, 0.3) is 0 Å². The van der Waals surface area contributed by atoms with Gasteiger partial charge in [-0.3, -0.25) is 0 Å². The predicted octanol–water partition coefficient (Wildman–Crippen LogP) is 2.82. The van der Waals surface area contributed by atoms with Gasteiger partial charge in [0.15, 0.2) is 10.8 Å². The summed E-state index contributed by atoms with van der Waals surface area (Å²) in [7, 11) is 0. The summed E-state index contributed by atoms with van der Waals surface area (Å²) in [6.07, 6.45) is 0. The third-order valence-electron chi connectivity index (χ3n) is 2.87. The van der Waals surface area contributed by atoms with Crippen LogP contribution in [0.4, 0.5) is 0 Å². The van der Waals surface area contributed by atoms with Crippen molar-refractivity contribution in [3.05, 3.63) is 42.2 Å². The molecule has 7 heteroatoms. The smallest absolute Gasteiger partial charge is 0.235 e. The van der Waals surface area contributed by atoms with Crippen LogP contribution < -0.4 is 0 Å². The lowest BCUT2D eigenvalue weighted by molar-refractivity contribution is 0.399. The highest BCUT2D eigenvalue weighted by Gasteiger charge is 2.16. The SMILES string of the molecule is Cc1cc(-c2nn3c(-c4ccccc4)nnc3s2)no1. The Kier molecular flexibility index (Phi) is 2.40. The highest BCUT2D eigenvalue weighted by atomic mass is 32.1. The zero-order chi connectivity index (χ0) is 13.5. The third-order valence-corrected chi connectivity index (χ3v) is 3.79. The van der Waals surface area contributed by atoms with Gasteiger partial charge in [-0.05, 0) is 6.92 Å². The van der Waals surface area contributed by atoms with E-state index in [1.807, 2.05) is 43.3 Å². The Labute approximate surface area is 117 Å². The van der Waals surface area contributed by atoms with Gasteiger partial charge in [0, 0.05) is 11.6 Å². The number of rotatable bonds is 2. The van der Waals surface area contributed by atoms with Gasteiger partial charge >= 0.3 is 0 Å². The van der Waals surface area contributed by atoms with E-state index in [1.54, 1.807) is 4.52 Å². The number of fused-ring (bicyclic) bond motifs is 1. The topological polar surface area (TPSA) is 69.1 Å². The first kappa shape index (κ1) is 11.3. The van der Waals surface area contributed by atoms with Gasteiger partial charge in [0.1, 0.15) is 11.5 Å². The molecular weight excluding hydrogens is 274 g/mol. The van der Waals surface area contributed by atoms with Gasteiger partial charge in [-0.25, -0.2) is 0 Å². The number of nitrogens with zero attached hydrogens (tertiary/aromatic N) is 5. The fraction of sp³-hybridized carbons (Fsp3) is 0.0769. The Hall–Kier alpha value is -2.54. The molecule has 0 bridgehead atoms. The molecule has 0 N–H and O–H groups in total. The molecule has 0 spiro atoms. The lowest BCUT2D eigenvalue weighted by Crippen LogP contribution is -1.90. The summed E-state index contributed by atoms with van der Waals surface area (Å²) in [4.78, 5) is 0.736. The van der Waals surface area contributed by atoms with E-state index in [0.717, 1.165) is 32.8 Å². The van der Waals surface area contributed by atoms with Crippen LogP contribution in [0.25, 0.3) is 27.1 Å². The van der Waals surface area contributed by atoms with E-state index >= 15 is 0 Å². The van der Waals surface area contributed by atoms with E-state index in [9.17, 15) is 0 Å². The van der Waals surface area contributed by atoms with Crippen LogP contribution in [0, 0.1) is 6.92 Å². The van der Waals surface area contributed by atoms with Gasteiger partial charge in [0.05, 0.1) is 0 Å². The molecule has 6 nitrogen and oxygen atoms in total. The summed E-state index contributed by atoms with van der Waals surface area (Å²) >= 11 is 1.43. The first-order valence-electron chi connectivity index (χ1n) is 6.02. The molecule has 0 saturated carbocycles. The first-order chi connectivity index (χ1) is 9.81. The van der Waals surface area contributed by atoms with Crippen LogP contribution in [-0.4, -0.2) is 25.0 Å². The molecule has 0 fully saturated rings. The van der Waals surface area contributed by atoms with Gasteiger partial charge < -0.3 is 4.52 Å². The van der Waals surface area contributed by atoms with E-state index in [0.29, 0.717) is 0 Å². The van der Waals surface area contributed by atoms with Crippen molar-refractivity contribution in [3.8, 4) is 22.1 Å². The van der Waals surface area contributed by atoms with Crippen molar-refractivity contribution >= 4 is 16.3 Å². The Bertz CT molecular complexity index is 877. The van der Waals surface area contributed by atoms with Crippen molar-refractivity contribution in [3.63, 3.8) is 0 Å². The minimum Gasteiger partial charge on any atom is -0.361 e. The molecular formula is C13H9N5OS. The lowest BCUT2D eigenvalue weighted by atomic mass is 10.2. The highest BCUT2D eigenvalue weighted by molar-refractivity contribution is 7.19. The van der Waals surface area contributed by atoms with Crippen molar-refractivity contribution in [1.82, 2.24) is 25.0 Å². The fourth-order valence-corrected chi connectivity index (χ4v) is 2.75. The van der Waals surface area contributed by atoms with Crippen LogP contribution in [0.3, 0.4) is 0 Å². The van der Waals surface area contributed by atoms with Crippen LogP contribution in [0.2, 0.25) is 0 Å². The molecule has 4 aromatic rings. The summed E-state index contributed by atoms with van der Waals surface area (Å²) in [6.45, 7) is 1.85. The molecule has 0 unspecified atom stereocenters. The second-order valence-electron chi connectivity index (χ2n) is 4.31. The minimum absolute atomic E-state index is 0.719. The summed E-state index contributed by atoms with van der Waals surface area (Å²) in [5, 5.41) is 17.6. The quantitative estimate of drug-likeness (QED) is 0.566. The minimum atomic E-state index is 0.719. The largest absolute Gasteiger partial charge is 0.361 e. The number of benzene rings is 1. The molecule has 0 atom stereocenters. The molecule has 98 valence electrons. The van der Waals surface area contributed by atoms with Crippen molar-refractivity contribution in [2.75, 3.05) is 0 Å². The molecule has 20 heavy (non-hydrogen) atoms. The molecule has 0 amide bonds. The number of hydrogen-bond donors (Lipinski definition) is 0. The average Bonchev–Trinajstić information content (AvgIpc) is 3.13. The number of aromatic nitrogens is 5. The summed E-state index contributed by atoms with van der Waals surface area (Å²) < 4.78 is 6.81. The third kappa shape index (κ3) is 1.71. The van der Waals surface area contributed by atoms with Crippen LogP contribution in [-0.2, 0) is 0 Å². The van der Waals surface area contributed by atoms with Crippen LogP contribution in [0.15, 0.2) is 40.9 Å². The van der Waals surface area contributed by atoms with Gasteiger partial charge in [0.2, 0.25) is 4.96 Å². The fourth-order valence-electron chi connectivity index (χ4n) is 1.95. The molecule has 1 aromatic carbocycles. The Balaban J connectivity index is 1.87. The molecule has 3 heterocycles. The summed E-state index contributed by atoms with van der Waals surface area (Å²) in [6, 6.07) is 11.7. The molecule has 0 saturated heterocycles. The number of hydrogen-bond acceptors (Lipinski definition) is 6. The van der Waals surface area contributed by atoms with Crippen molar-refractivity contribution in [2.24, 2.45) is 0 Å². The van der Waals surface area contributed by atoms with Crippen LogP contribution >= 0.6 is 11.3 Å². The zero-order valence-corrected chi connectivity index (χ0v) is 11.3. The normalized spacial score (nSPS) is 11.2. The van der Waals surface area contributed by atoms with E-state index in [-0.39, 0.29) is 0 Å². The second kappa shape index (κ2) is 4.24. The molecule has 0 aliphatic rings. The molecule has 0 aliphatic heterocycles. The van der Waals surface area contributed by atoms with E-state index in [4.69, 9.17) is 4.52 Å². The van der Waals surface area contributed by atoms with Crippen LogP contribution in [0.5, 0.6) is 0 Å². The van der Waals surface area contributed by atoms with Gasteiger partial charge in [-0.15, -0.1) is 10.2 Å². The molecule has 0 aliphatic carbocycles. The Morgan fingerprint density at radius 1 is 1.15 bits per heavy atom. The maximum Gasteiger partial charge on any atom is 0.235 e. The summed E-state index contributed by atoms with van der Waals surface area (Å²) in [5.74, 6) is 1.48. The maximum absolute atomic E-state index is 5.08. The maximum atomic E-state index is 5.08. The van der Waals surface area contributed by atoms with Crippen molar-refractivity contribution in [2.45, 2.75) is 6.92 Å². The molecule has 4 rings (SSSR count). The lowest BCUT2D eigenvalue weighted by Gasteiger charge is -1.94. The number of aryl methyl sites for hydroxylation is 1. The first-order valence-corrected chi connectivity index (χ1v) is 6.84. The average molecular weight is 283 g/mol. The van der Waals surface area contributed by atoms with E-state index in [1.165, 1.54) is 11.3 Å². The summed E-state index contributed by atoms with van der Waals surface area (Å²) in [5.41, 5.74) is 1.70. The van der Waals surface area contributed by atoms with Crippen molar-refractivity contribution in [1.29, 1.82) is 0 Å². The van der Waals surface area contributed by atoms with E-state index in [2.05, 4.69) is 20.5 Å². The molecule has 3 aromatic heterocycles. The monoisotopic (exact) mass is 283 g/mol. The van der Waals surface area contributed by atoms with Gasteiger partial charge in [-0.2, -0.15) is 9.61 Å². The Morgan fingerprint density at radius 3 is 2.75 bits per heavy atom. The van der Waals surface area contributed by atoms with E-state index < -0.39 is 0 Å².